The third kappa shape index (κ3) is 3.79. The van der Waals surface area contributed by atoms with Gasteiger partial charge < -0.3 is 10.4 Å². The highest BCUT2D eigenvalue weighted by atomic mass is 16.3. The molecule has 0 unspecified atom stereocenters. The maximum atomic E-state index is 9.52. The summed E-state index contributed by atoms with van der Waals surface area (Å²) in [5.41, 5.74) is 1.80. The van der Waals surface area contributed by atoms with Gasteiger partial charge in [0.25, 0.3) is 0 Å². The van der Waals surface area contributed by atoms with E-state index in [1.807, 2.05) is 26.0 Å². The van der Waals surface area contributed by atoms with E-state index in [1.165, 1.54) is 5.56 Å². The van der Waals surface area contributed by atoms with E-state index in [1.54, 1.807) is 0 Å². The summed E-state index contributed by atoms with van der Waals surface area (Å²) < 4.78 is 0. The van der Waals surface area contributed by atoms with Crippen molar-refractivity contribution >= 4 is 5.69 Å². The van der Waals surface area contributed by atoms with Crippen LogP contribution < -0.4 is 5.32 Å². The van der Waals surface area contributed by atoms with Crippen molar-refractivity contribution in [3.8, 4) is 0 Å². The van der Waals surface area contributed by atoms with Crippen molar-refractivity contribution in [2.45, 2.75) is 32.8 Å². The Kier molecular flexibility index (Phi) is 3.53. The third-order valence-corrected chi connectivity index (χ3v) is 2.20. The zero-order valence-corrected chi connectivity index (χ0v) is 9.17. The van der Waals surface area contributed by atoms with Crippen molar-refractivity contribution < 1.29 is 5.11 Å². The van der Waals surface area contributed by atoms with E-state index < -0.39 is 5.60 Å². The maximum absolute atomic E-state index is 9.52. The lowest BCUT2D eigenvalue weighted by molar-refractivity contribution is 0.0749. The van der Waals surface area contributed by atoms with Gasteiger partial charge in [0.15, 0.2) is 0 Å². The molecule has 0 spiro atoms. The summed E-state index contributed by atoms with van der Waals surface area (Å²) in [6.07, 6.45) is 0.751. The first-order valence-electron chi connectivity index (χ1n) is 5.01. The van der Waals surface area contributed by atoms with Crippen LogP contribution in [-0.4, -0.2) is 17.3 Å². The first-order valence-corrected chi connectivity index (χ1v) is 5.01. The van der Waals surface area contributed by atoms with E-state index in [0.29, 0.717) is 0 Å². The fourth-order valence-electron chi connectivity index (χ4n) is 1.27. The Morgan fingerprint density at radius 2 is 1.93 bits per heavy atom. The second-order valence-electron chi connectivity index (χ2n) is 4.30. The molecule has 0 aliphatic heterocycles. The van der Waals surface area contributed by atoms with Crippen molar-refractivity contribution in [3.63, 3.8) is 0 Å². The molecule has 0 amide bonds. The van der Waals surface area contributed by atoms with Gasteiger partial charge in [-0.2, -0.15) is 0 Å². The Hall–Kier alpha value is -1.02. The van der Waals surface area contributed by atoms with Gasteiger partial charge in [-0.1, -0.05) is 18.2 Å². The average molecular weight is 193 g/mol. The summed E-state index contributed by atoms with van der Waals surface area (Å²) >= 11 is 0. The molecule has 1 aromatic carbocycles. The molecule has 0 bridgehead atoms. The lowest BCUT2D eigenvalue weighted by atomic mass is 10.1. The highest BCUT2D eigenvalue weighted by molar-refractivity contribution is 5.50. The van der Waals surface area contributed by atoms with Crippen LogP contribution in [0.15, 0.2) is 24.3 Å². The molecule has 2 N–H and O–H groups in total. The Bertz CT molecular complexity index is 289. The standard InChI is InChI=1S/C12H19NO/c1-10-6-4-5-7-11(10)13-9-8-12(2,3)14/h4-7,13-14H,8-9H2,1-3H3. The molecule has 0 saturated carbocycles. The van der Waals surface area contributed by atoms with Crippen LogP contribution in [0.5, 0.6) is 0 Å². The molecular formula is C12H19NO. The van der Waals surface area contributed by atoms with E-state index in [2.05, 4.69) is 24.4 Å². The van der Waals surface area contributed by atoms with Crippen LogP contribution in [0, 0.1) is 6.92 Å². The molecular weight excluding hydrogens is 174 g/mol. The van der Waals surface area contributed by atoms with Crippen LogP contribution in [0.1, 0.15) is 25.8 Å². The van der Waals surface area contributed by atoms with Crippen LogP contribution in [0.4, 0.5) is 5.69 Å². The second-order valence-corrected chi connectivity index (χ2v) is 4.30. The zero-order chi connectivity index (χ0) is 10.6. The molecule has 14 heavy (non-hydrogen) atoms. The smallest absolute Gasteiger partial charge is 0.0608 e. The van der Waals surface area contributed by atoms with Gasteiger partial charge in [-0.25, -0.2) is 0 Å². The number of hydrogen-bond acceptors (Lipinski definition) is 2. The van der Waals surface area contributed by atoms with Crippen molar-refractivity contribution in [2.24, 2.45) is 0 Å². The number of para-hydroxylation sites is 1. The molecule has 0 heterocycles. The molecule has 0 saturated heterocycles. The van der Waals surface area contributed by atoms with Crippen LogP contribution in [0.25, 0.3) is 0 Å². The Morgan fingerprint density at radius 3 is 2.50 bits per heavy atom. The predicted octanol–water partition coefficient (Wildman–Crippen LogP) is 2.57. The van der Waals surface area contributed by atoms with Crippen LogP contribution in [0.3, 0.4) is 0 Å². The highest BCUT2D eigenvalue weighted by Crippen LogP contribution is 2.14. The predicted molar refractivity (Wildman–Crippen MR) is 60.6 cm³/mol. The number of anilines is 1. The van der Waals surface area contributed by atoms with Crippen LogP contribution >= 0.6 is 0 Å². The normalized spacial score (nSPS) is 11.4. The third-order valence-electron chi connectivity index (χ3n) is 2.20. The minimum absolute atomic E-state index is 0.588. The summed E-state index contributed by atoms with van der Waals surface area (Å²) in [5.74, 6) is 0. The minimum Gasteiger partial charge on any atom is -0.390 e. The average Bonchev–Trinajstić information content (AvgIpc) is 2.06. The van der Waals surface area contributed by atoms with E-state index in [0.717, 1.165) is 18.7 Å². The fraction of sp³-hybridized carbons (Fsp3) is 0.500. The Balaban J connectivity index is 2.43. The molecule has 0 fully saturated rings. The first kappa shape index (κ1) is 11.1. The molecule has 2 heteroatoms. The SMILES string of the molecule is Cc1ccccc1NCCC(C)(C)O. The number of benzene rings is 1. The molecule has 0 aliphatic rings. The van der Waals surface area contributed by atoms with E-state index in [4.69, 9.17) is 0 Å². The minimum atomic E-state index is -0.588. The topological polar surface area (TPSA) is 32.3 Å². The Labute approximate surface area is 86.0 Å². The number of aliphatic hydroxyl groups is 1. The molecule has 78 valence electrons. The number of nitrogens with one attached hydrogen (secondary N) is 1. The molecule has 1 aromatic rings. The summed E-state index contributed by atoms with van der Waals surface area (Å²) in [6.45, 7) is 6.53. The van der Waals surface area contributed by atoms with Crippen molar-refractivity contribution in [2.75, 3.05) is 11.9 Å². The second kappa shape index (κ2) is 4.47. The molecule has 0 radical (unpaired) electrons. The summed E-state index contributed by atoms with van der Waals surface area (Å²) in [6, 6.07) is 8.17. The van der Waals surface area contributed by atoms with Crippen molar-refractivity contribution in [1.29, 1.82) is 0 Å². The van der Waals surface area contributed by atoms with Gasteiger partial charge >= 0.3 is 0 Å². The van der Waals surface area contributed by atoms with Crippen LogP contribution in [0.2, 0.25) is 0 Å². The number of aryl methyl sites for hydroxylation is 1. The number of rotatable bonds is 4. The lowest BCUT2D eigenvalue weighted by Crippen LogP contribution is -2.22. The quantitative estimate of drug-likeness (QED) is 0.770. The molecule has 2 nitrogen and oxygen atoms in total. The van der Waals surface area contributed by atoms with Gasteiger partial charge in [-0.15, -0.1) is 0 Å². The van der Waals surface area contributed by atoms with Crippen LogP contribution in [-0.2, 0) is 0 Å². The van der Waals surface area contributed by atoms with Gasteiger partial charge in [0.05, 0.1) is 5.60 Å². The molecule has 1 rings (SSSR count). The number of hydrogen-bond donors (Lipinski definition) is 2. The lowest BCUT2D eigenvalue weighted by Gasteiger charge is -2.18. The molecule has 0 atom stereocenters. The van der Waals surface area contributed by atoms with Crippen molar-refractivity contribution in [1.82, 2.24) is 0 Å². The molecule has 0 aromatic heterocycles. The summed E-state index contributed by atoms with van der Waals surface area (Å²) in [7, 11) is 0. The zero-order valence-electron chi connectivity index (χ0n) is 9.17. The fourth-order valence-corrected chi connectivity index (χ4v) is 1.27. The van der Waals surface area contributed by atoms with E-state index in [-0.39, 0.29) is 0 Å². The van der Waals surface area contributed by atoms with Crippen molar-refractivity contribution in [3.05, 3.63) is 29.8 Å². The summed E-state index contributed by atoms with van der Waals surface area (Å²) in [4.78, 5) is 0. The molecule has 0 aliphatic carbocycles. The van der Waals surface area contributed by atoms with E-state index >= 15 is 0 Å². The van der Waals surface area contributed by atoms with E-state index in [9.17, 15) is 5.11 Å². The largest absolute Gasteiger partial charge is 0.390 e. The van der Waals surface area contributed by atoms with Gasteiger partial charge in [-0.3, -0.25) is 0 Å². The summed E-state index contributed by atoms with van der Waals surface area (Å²) in [5, 5.41) is 12.8. The monoisotopic (exact) mass is 193 g/mol. The van der Waals surface area contributed by atoms with Gasteiger partial charge in [-0.05, 0) is 38.8 Å². The first-order chi connectivity index (χ1) is 6.49. The maximum Gasteiger partial charge on any atom is 0.0608 e. The highest BCUT2D eigenvalue weighted by Gasteiger charge is 2.11. The van der Waals surface area contributed by atoms with Gasteiger partial charge in [0, 0.05) is 12.2 Å². The Morgan fingerprint density at radius 1 is 1.29 bits per heavy atom. The van der Waals surface area contributed by atoms with Gasteiger partial charge in [0.2, 0.25) is 0 Å². The van der Waals surface area contributed by atoms with Gasteiger partial charge in [0.1, 0.15) is 0 Å².